The largest absolute Gasteiger partial charge is 0.344 e. The Morgan fingerprint density at radius 3 is 2.77 bits per heavy atom. The van der Waals surface area contributed by atoms with Crippen LogP contribution in [0.2, 0.25) is 0 Å². The Labute approximate surface area is 77.8 Å². The molecule has 0 saturated carbocycles. The molecule has 1 aliphatic rings. The van der Waals surface area contributed by atoms with Crippen LogP contribution in [0.4, 0.5) is 0 Å². The van der Waals surface area contributed by atoms with Gasteiger partial charge >= 0.3 is 0 Å². The van der Waals surface area contributed by atoms with Crippen molar-refractivity contribution < 1.29 is 9.59 Å². The van der Waals surface area contributed by atoms with E-state index in [1.54, 1.807) is 16.8 Å². The van der Waals surface area contributed by atoms with Crippen molar-refractivity contribution in [3.8, 4) is 0 Å². The monoisotopic (exact) mass is 182 g/mol. The smallest absolute Gasteiger partial charge is 0.246 e. The van der Waals surface area contributed by atoms with Crippen LogP contribution in [0.25, 0.3) is 0 Å². The molecule has 0 radical (unpaired) electrons. The highest BCUT2D eigenvalue weighted by molar-refractivity contribution is 5.87. The zero-order chi connectivity index (χ0) is 9.84. The fourth-order valence-electron chi connectivity index (χ4n) is 1.28. The van der Waals surface area contributed by atoms with E-state index < -0.39 is 0 Å². The predicted molar refractivity (Wildman–Crippen MR) is 49.0 cm³/mol. The van der Waals surface area contributed by atoms with Gasteiger partial charge in [0.1, 0.15) is 0 Å². The summed E-state index contributed by atoms with van der Waals surface area (Å²) in [5.41, 5.74) is 0. The number of carbonyl (C=O) groups is 2. The molecule has 0 N–H and O–H groups in total. The molecule has 0 atom stereocenters. The summed E-state index contributed by atoms with van der Waals surface area (Å²) in [7, 11) is 1.75. The van der Waals surface area contributed by atoms with Crippen LogP contribution in [0, 0.1) is 0 Å². The lowest BCUT2D eigenvalue weighted by Gasteiger charge is -2.17. The molecule has 4 nitrogen and oxygen atoms in total. The van der Waals surface area contributed by atoms with Gasteiger partial charge in [-0.3, -0.25) is 9.59 Å². The van der Waals surface area contributed by atoms with E-state index in [-0.39, 0.29) is 11.8 Å². The highest BCUT2D eigenvalue weighted by atomic mass is 16.2. The molecule has 0 unspecified atom stereocenters. The molecule has 1 rings (SSSR count). The molecule has 13 heavy (non-hydrogen) atoms. The number of nitrogens with zero attached hydrogens (tertiary/aromatic N) is 2. The molecule has 0 aromatic rings. The maximum atomic E-state index is 11.2. The number of likely N-dealkylation sites (N-methyl/N-ethyl adjacent to an activating group) is 1. The first-order valence-electron chi connectivity index (χ1n) is 4.30. The summed E-state index contributed by atoms with van der Waals surface area (Å²) in [5, 5.41) is 0. The third-order valence-corrected chi connectivity index (χ3v) is 2.21. The van der Waals surface area contributed by atoms with Crippen LogP contribution in [0.15, 0.2) is 12.7 Å². The van der Waals surface area contributed by atoms with E-state index in [0.717, 1.165) is 0 Å². The van der Waals surface area contributed by atoms with Gasteiger partial charge in [-0.25, -0.2) is 0 Å². The molecule has 0 spiro atoms. The van der Waals surface area contributed by atoms with Gasteiger partial charge in [-0.2, -0.15) is 0 Å². The van der Waals surface area contributed by atoms with E-state index in [9.17, 15) is 9.59 Å². The Morgan fingerprint density at radius 2 is 2.15 bits per heavy atom. The van der Waals surface area contributed by atoms with Crippen LogP contribution in [-0.4, -0.2) is 48.3 Å². The Hall–Kier alpha value is -1.32. The summed E-state index contributed by atoms with van der Waals surface area (Å²) in [6.07, 6.45) is 1.70. The number of rotatable bonds is 1. The van der Waals surface area contributed by atoms with Gasteiger partial charge in [0.2, 0.25) is 11.8 Å². The summed E-state index contributed by atoms with van der Waals surface area (Å²) in [6.45, 7) is 5.14. The SMILES string of the molecule is C=CC(=O)N1CCC(=O)N(C)CC1. The van der Waals surface area contributed by atoms with Crippen molar-refractivity contribution in [2.24, 2.45) is 0 Å². The van der Waals surface area contributed by atoms with Gasteiger partial charge in [0, 0.05) is 33.1 Å². The van der Waals surface area contributed by atoms with Crippen molar-refractivity contribution in [3.63, 3.8) is 0 Å². The van der Waals surface area contributed by atoms with Gasteiger partial charge in [-0.15, -0.1) is 0 Å². The van der Waals surface area contributed by atoms with Crippen LogP contribution in [0.1, 0.15) is 6.42 Å². The summed E-state index contributed by atoms with van der Waals surface area (Å²) in [5.74, 6) is 0.00228. The number of hydrogen-bond acceptors (Lipinski definition) is 2. The van der Waals surface area contributed by atoms with Crippen LogP contribution in [0.5, 0.6) is 0 Å². The molecule has 0 aromatic carbocycles. The summed E-state index contributed by atoms with van der Waals surface area (Å²) in [6, 6.07) is 0. The maximum Gasteiger partial charge on any atom is 0.246 e. The first-order valence-corrected chi connectivity index (χ1v) is 4.30. The van der Waals surface area contributed by atoms with Crippen LogP contribution in [0.3, 0.4) is 0 Å². The van der Waals surface area contributed by atoms with Gasteiger partial charge in [-0.1, -0.05) is 6.58 Å². The van der Waals surface area contributed by atoms with Crippen molar-refractivity contribution in [2.45, 2.75) is 6.42 Å². The molecule has 1 aliphatic heterocycles. The highest BCUT2D eigenvalue weighted by Crippen LogP contribution is 2.02. The van der Waals surface area contributed by atoms with E-state index in [1.165, 1.54) is 6.08 Å². The van der Waals surface area contributed by atoms with Crippen molar-refractivity contribution in [3.05, 3.63) is 12.7 Å². The highest BCUT2D eigenvalue weighted by Gasteiger charge is 2.19. The van der Waals surface area contributed by atoms with Crippen molar-refractivity contribution in [1.29, 1.82) is 0 Å². The maximum absolute atomic E-state index is 11.2. The molecule has 0 bridgehead atoms. The molecule has 0 aliphatic carbocycles. The average molecular weight is 182 g/mol. The standard InChI is InChI=1S/C9H14N2O2/c1-3-8(12)11-5-4-9(13)10(2)6-7-11/h3H,1,4-7H2,2H3. The van der Waals surface area contributed by atoms with Crippen molar-refractivity contribution in [2.75, 3.05) is 26.7 Å². The Bertz CT molecular complexity index is 238. The third-order valence-electron chi connectivity index (χ3n) is 2.21. The molecule has 2 amide bonds. The second-order valence-electron chi connectivity index (χ2n) is 3.09. The van der Waals surface area contributed by atoms with Crippen LogP contribution >= 0.6 is 0 Å². The first-order chi connectivity index (χ1) is 6.15. The summed E-state index contributed by atoms with van der Waals surface area (Å²) in [4.78, 5) is 25.7. The van der Waals surface area contributed by atoms with Crippen LogP contribution in [-0.2, 0) is 9.59 Å². The first kappa shape index (κ1) is 9.77. The number of carbonyl (C=O) groups excluding carboxylic acids is 2. The molecule has 1 heterocycles. The van der Waals surface area contributed by atoms with Crippen LogP contribution < -0.4 is 0 Å². The van der Waals surface area contributed by atoms with Crippen molar-refractivity contribution in [1.82, 2.24) is 9.80 Å². The van der Waals surface area contributed by atoms with E-state index in [0.29, 0.717) is 26.1 Å². The van der Waals surface area contributed by atoms with E-state index in [4.69, 9.17) is 0 Å². The molecule has 72 valence electrons. The van der Waals surface area contributed by atoms with Gasteiger partial charge in [-0.05, 0) is 6.08 Å². The minimum Gasteiger partial charge on any atom is -0.344 e. The minimum absolute atomic E-state index is 0.0944. The lowest BCUT2D eigenvalue weighted by molar-refractivity contribution is -0.129. The topological polar surface area (TPSA) is 40.6 Å². The zero-order valence-electron chi connectivity index (χ0n) is 7.82. The third kappa shape index (κ3) is 2.31. The molecule has 0 aromatic heterocycles. The van der Waals surface area contributed by atoms with E-state index in [2.05, 4.69) is 6.58 Å². The molecular weight excluding hydrogens is 168 g/mol. The second kappa shape index (κ2) is 4.07. The number of hydrogen-bond donors (Lipinski definition) is 0. The minimum atomic E-state index is -0.0944. The Kier molecular flexibility index (Phi) is 3.06. The van der Waals surface area contributed by atoms with E-state index >= 15 is 0 Å². The lowest BCUT2D eigenvalue weighted by Crippen LogP contribution is -2.33. The molecular formula is C9H14N2O2. The zero-order valence-corrected chi connectivity index (χ0v) is 7.82. The fraction of sp³-hybridized carbons (Fsp3) is 0.556. The van der Waals surface area contributed by atoms with Gasteiger partial charge in [0.05, 0.1) is 0 Å². The van der Waals surface area contributed by atoms with E-state index in [1.807, 2.05) is 0 Å². The lowest BCUT2D eigenvalue weighted by atomic mass is 10.3. The Morgan fingerprint density at radius 1 is 1.46 bits per heavy atom. The molecule has 1 fully saturated rings. The quantitative estimate of drug-likeness (QED) is 0.530. The summed E-state index contributed by atoms with van der Waals surface area (Å²) < 4.78 is 0. The van der Waals surface area contributed by atoms with Crippen molar-refractivity contribution >= 4 is 11.8 Å². The predicted octanol–water partition coefficient (Wildman–Crippen LogP) is -0.137. The average Bonchev–Trinajstić information content (AvgIpc) is 2.30. The van der Waals surface area contributed by atoms with Gasteiger partial charge < -0.3 is 9.80 Å². The van der Waals surface area contributed by atoms with Gasteiger partial charge in [0.25, 0.3) is 0 Å². The second-order valence-corrected chi connectivity index (χ2v) is 3.09. The Balaban J connectivity index is 2.58. The fourth-order valence-corrected chi connectivity index (χ4v) is 1.28. The molecule has 4 heteroatoms. The normalized spacial score (nSPS) is 18.4. The molecule has 1 saturated heterocycles. The van der Waals surface area contributed by atoms with Gasteiger partial charge in [0.15, 0.2) is 0 Å². The summed E-state index contributed by atoms with van der Waals surface area (Å²) >= 11 is 0. The number of amides is 2.